The van der Waals surface area contributed by atoms with Crippen LogP contribution in [0.2, 0.25) is 5.31 Å². The van der Waals surface area contributed by atoms with Crippen LogP contribution in [0.4, 0.5) is 0 Å². The number of rotatable bonds is 2. The molecule has 1 fully saturated rings. The maximum Gasteiger partial charge on any atom is 0.103 e. The Hall–Kier alpha value is -0.0551. The Morgan fingerprint density at radius 3 is 2.54 bits per heavy atom. The summed E-state index contributed by atoms with van der Waals surface area (Å²) >= 11 is 0. The molecule has 0 saturated carbocycles. The summed E-state index contributed by atoms with van der Waals surface area (Å²) in [4.78, 5) is 0. The van der Waals surface area contributed by atoms with Crippen LogP contribution in [0.5, 0.6) is 0 Å². The second kappa shape index (κ2) is 3.99. The standard InChI is InChI=1S/C9H17BO3/c1-3-9(2,10)8-4-6(11)7(12)5-13-8/h6-8,11-12H,3-5H2,1-2H3/t6-,7+,8?,9?/m1/s1. The topological polar surface area (TPSA) is 49.7 Å². The molecule has 0 aromatic heterocycles. The van der Waals surface area contributed by atoms with Crippen LogP contribution in [-0.4, -0.2) is 43.0 Å². The Labute approximate surface area is 80.5 Å². The largest absolute Gasteiger partial charge is 0.390 e. The first kappa shape index (κ1) is 11.0. The van der Waals surface area contributed by atoms with E-state index in [0.717, 1.165) is 6.42 Å². The highest BCUT2D eigenvalue weighted by atomic mass is 16.5. The van der Waals surface area contributed by atoms with Gasteiger partial charge in [-0.25, -0.2) is 0 Å². The van der Waals surface area contributed by atoms with Crippen molar-refractivity contribution in [1.82, 2.24) is 0 Å². The molecule has 4 atom stereocenters. The van der Waals surface area contributed by atoms with E-state index in [-0.39, 0.29) is 12.7 Å². The summed E-state index contributed by atoms with van der Waals surface area (Å²) in [7, 11) is 5.98. The van der Waals surface area contributed by atoms with Crippen molar-refractivity contribution in [2.45, 2.75) is 50.3 Å². The summed E-state index contributed by atoms with van der Waals surface area (Å²) in [5.74, 6) is 0. The van der Waals surface area contributed by atoms with Crippen molar-refractivity contribution in [1.29, 1.82) is 0 Å². The molecule has 2 radical (unpaired) electrons. The maximum atomic E-state index is 9.42. The molecular weight excluding hydrogens is 167 g/mol. The average molecular weight is 184 g/mol. The van der Waals surface area contributed by atoms with Gasteiger partial charge in [-0.15, -0.1) is 0 Å². The van der Waals surface area contributed by atoms with E-state index in [2.05, 4.69) is 0 Å². The molecule has 0 amide bonds. The van der Waals surface area contributed by atoms with Crippen molar-refractivity contribution in [3.63, 3.8) is 0 Å². The van der Waals surface area contributed by atoms with Crippen molar-refractivity contribution in [3.8, 4) is 0 Å². The van der Waals surface area contributed by atoms with Gasteiger partial charge in [-0.3, -0.25) is 0 Å². The Morgan fingerprint density at radius 1 is 1.46 bits per heavy atom. The molecule has 1 saturated heterocycles. The van der Waals surface area contributed by atoms with Gasteiger partial charge in [0.25, 0.3) is 0 Å². The van der Waals surface area contributed by atoms with Crippen LogP contribution in [0.3, 0.4) is 0 Å². The van der Waals surface area contributed by atoms with Crippen LogP contribution in [0.1, 0.15) is 26.7 Å². The Bertz CT molecular complexity index is 172. The molecule has 0 bridgehead atoms. The second-order valence-electron chi connectivity index (χ2n) is 4.05. The highest BCUT2D eigenvalue weighted by molar-refractivity contribution is 6.15. The lowest BCUT2D eigenvalue weighted by Crippen LogP contribution is -2.45. The minimum absolute atomic E-state index is 0.157. The molecule has 1 aliphatic heterocycles. The minimum atomic E-state index is -0.760. The summed E-state index contributed by atoms with van der Waals surface area (Å²) in [5, 5.41) is 18.2. The van der Waals surface area contributed by atoms with E-state index >= 15 is 0 Å². The highest BCUT2D eigenvalue weighted by Gasteiger charge is 2.36. The molecule has 0 aliphatic carbocycles. The van der Waals surface area contributed by atoms with Crippen LogP contribution >= 0.6 is 0 Å². The van der Waals surface area contributed by atoms with Gasteiger partial charge in [0.2, 0.25) is 0 Å². The average Bonchev–Trinajstić information content (AvgIpc) is 2.09. The molecular formula is C9H17BO3. The number of hydrogen-bond acceptors (Lipinski definition) is 3. The number of hydrogen-bond donors (Lipinski definition) is 2. The van der Waals surface area contributed by atoms with Crippen molar-refractivity contribution in [2.24, 2.45) is 0 Å². The molecule has 2 unspecified atom stereocenters. The zero-order valence-electron chi connectivity index (χ0n) is 8.23. The molecule has 1 aliphatic rings. The SMILES string of the molecule is [B]C(C)(CC)C1C[C@@H](O)[C@@H](O)CO1. The predicted octanol–water partition coefficient (Wildman–Crippen LogP) is 0.254. The van der Waals surface area contributed by atoms with E-state index < -0.39 is 17.5 Å². The highest BCUT2D eigenvalue weighted by Crippen LogP contribution is 2.36. The molecule has 0 aromatic rings. The van der Waals surface area contributed by atoms with Crippen molar-refractivity contribution < 1.29 is 14.9 Å². The summed E-state index contributed by atoms with van der Waals surface area (Å²) in [6.07, 6.45) is -0.407. The van der Waals surface area contributed by atoms with E-state index in [9.17, 15) is 10.2 Å². The molecule has 74 valence electrons. The molecule has 0 aromatic carbocycles. The quantitative estimate of drug-likeness (QED) is 0.605. The van der Waals surface area contributed by atoms with Gasteiger partial charge in [0.1, 0.15) is 6.10 Å². The summed E-state index contributed by atoms with van der Waals surface area (Å²) in [6.45, 7) is 4.07. The third kappa shape index (κ3) is 2.45. The summed E-state index contributed by atoms with van der Waals surface area (Å²) < 4.78 is 5.38. The number of aliphatic hydroxyl groups is 2. The fourth-order valence-corrected chi connectivity index (χ4v) is 1.46. The zero-order valence-corrected chi connectivity index (χ0v) is 8.23. The monoisotopic (exact) mass is 184 g/mol. The van der Waals surface area contributed by atoms with Gasteiger partial charge in [0.15, 0.2) is 0 Å². The minimum Gasteiger partial charge on any atom is -0.390 e. The third-order valence-corrected chi connectivity index (χ3v) is 2.87. The van der Waals surface area contributed by atoms with Crippen molar-refractivity contribution in [3.05, 3.63) is 0 Å². The lowest BCUT2D eigenvalue weighted by Gasteiger charge is -2.40. The first-order valence-corrected chi connectivity index (χ1v) is 4.74. The van der Waals surface area contributed by atoms with Gasteiger partial charge in [-0.05, 0) is 5.31 Å². The third-order valence-electron chi connectivity index (χ3n) is 2.87. The van der Waals surface area contributed by atoms with E-state index in [4.69, 9.17) is 12.6 Å². The van der Waals surface area contributed by atoms with Gasteiger partial charge < -0.3 is 14.9 Å². The first-order valence-electron chi connectivity index (χ1n) is 4.74. The Morgan fingerprint density at radius 2 is 2.08 bits per heavy atom. The van der Waals surface area contributed by atoms with Crippen LogP contribution in [0, 0.1) is 0 Å². The van der Waals surface area contributed by atoms with E-state index in [0.29, 0.717) is 6.42 Å². The zero-order chi connectivity index (χ0) is 10.1. The first-order chi connectivity index (χ1) is 5.97. The van der Waals surface area contributed by atoms with Crippen molar-refractivity contribution >= 4 is 7.85 Å². The van der Waals surface area contributed by atoms with E-state index in [1.54, 1.807) is 0 Å². The predicted molar refractivity (Wildman–Crippen MR) is 50.8 cm³/mol. The normalized spacial score (nSPS) is 39.8. The van der Waals surface area contributed by atoms with Crippen LogP contribution in [0.15, 0.2) is 0 Å². The molecule has 4 heteroatoms. The van der Waals surface area contributed by atoms with Crippen molar-refractivity contribution in [2.75, 3.05) is 6.61 Å². The van der Waals surface area contributed by atoms with Crippen LogP contribution in [-0.2, 0) is 4.74 Å². The smallest absolute Gasteiger partial charge is 0.103 e. The van der Waals surface area contributed by atoms with Gasteiger partial charge in [0.05, 0.1) is 26.7 Å². The van der Waals surface area contributed by atoms with Gasteiger partial charge in [-0.2, -0.15) is 0 Å². The van der Waals surface area contributed by atoms with Gasteiger partial charge in [0, 0.05) is 6.42 Å². The van der Waals surface area contributed by atoms with Gasteiger partial charge in [-0.1, -0.05) is 20.3 Å². The Kier molecular flexibility index (Phi) is 3.38. The summed E-state index contributed by atoms with van der Waals surface area (Å²) in [6, 6.07) is 0. The molecule has 3 nitrogen and oxygen atoms in total. The molecule has 2 N–H and O–H groups in total. The lowest BCUT2D eigenvalue weighted by atomic mass is 9.63. The molecule has 0 spiro atoms. The maximum absolute atomic E-state index is 9.42. The second-order valence-corrected chi connectivity index (χ2v) is 4.05. The van der Waals surface area contributed by atoms with Crippen LogP contribution < -0.4 is 0 Å². The fourth-order valence-electron chi connectivity index (χ4n) is 1.46. The van der Waals surface area contributed by atoms with E-state index in [1.165, 1.54) is 0 Å². The number of aliphatic hydroxyl groups excluding tert-OH is 2. The number of ether oxygens (including phenoxy) is 1. The Balaban J connectivity index is 2.55. The molecule has 1 rings (SSSR count). The van der Waals surface area contributed by atoms with E-state index in [1.807, 2.05) is 13.8 Å². The lowest BCUT2D eigenvalue weighted by molar-refractivity contribution is -0.131. The fraction of sp³-hybridized carbons (Fsp3) is 1.00. The summed E-state index contributed by atoms with van der Waals surface area (Å²) in [5.41, 5.74) is 0. The van der Waals surface area contributed by atoms with Crippen LogP contribution in [0.25, 0.3) is 0 Å². The molecule has 1 heterocycles. The molecule has 13 heavy (non-hydrogen) atoms. The van der Waals surface area contributed by atoms with Gasteiger partial charge >= 0.3 is 0 Å².